The summed E-state index contributed by atoms with van der Waals surface area (Å²) in [5.74, 6) is -1.53. The zero-order valence-corrected chi connectivity index (χ0v) is 11.1. The van der Waals surface area contributed by atoms with Crippen LogP contribution in [0, 0.1) is 5.82 Å². The van der Waals surface area contributed by atoms with Crippen LogP contribution in [0.2, 0.25) is 0 Å². The number of hydrogen-bond donors (Lipinski definition) is 3. The SMILES string of the molecule is O=C(Nc1cc(F)ccc1Br)c1cc(O)cc(O)c1. The van der Waals surface area contributed by atoms with Crippen LogP contribution in [0.25, 0.3) is 0 Å². The molecule has 2 rings (SSSR count). The molecule has 2 aromatic rings. The second-order valence-corrected chi connectivity index (χ2v) is 4.67. The van der Waals surface area contributed by atoms with Gasteiger partial charge in [0, 0.05) is 16.1 Å². The number of carbonyl (C=O) groups excluding carboxylic acids is 1. The van der Waals surface area contributed by atoms with Crippen molar-refractivity contribution in [1.82, 2.24) is 0 Å². The number of aromatic hydroxyl groups is 2. The number of carbonyl (C=O) groups is 1. The van der Waals surface area contributed by atoms with Gasteiger partial charge in [0.1, 0.15) is 17.3 Å². The van der Waals surface area contributed by atoms with Crippen LogP contribution in [0.3, 0.4) is 0 Å². The topological polar surface area (TPSA) is 69.6 Å². The zero-order chi connectivity index (χ0) is 14.0. The van der Waals surface area contributed by atoms with Gasteiger partial charge in [-0.15, -0.1) is 0 Å². The first-order chi connectivity index (χ1) is 8.95. The molecule has 0 saturated carbocycles. The Balaban J connectivity index is 2.28. The molecule has 6 heteroatoms. The fourth-order valence-electron chi connectivity index (χ4n) is 1.51. The highest BCUT2D eigenvalue weighted by Gasteiger charge is 2.11. The van der Waals surface area contributed by atoms with Gasteiger partial charge in [-0.2, -0.15) is 0 Å². The molecule has 0 aliphatic heterocycles. The van der Waals surface area contributed by atoms with Crippen LogP contribution < -0.4 is 5.32 Å². The summed E-state index contributed by atoms with van der Waals surface area (Å²) >= 11 is 3.18. The summed E-state index contributed by atoms with van der Waals surface area (Å²) in [5.41, 5.74) is 0.321. The maximum atomic E-state index is 13.1. The van der Waals surface area contributed by atoms with Crippen molar-refractivity contribution < 1.29 is 19.4 Å². The monoisotopic (exact) mass is 325 g/mol. The summed E-state index contributed by atoms with van der Waals surface area (Å²) in [6.07, 6.45) is 0. The average molecular weight is 326 g/mol. The van der Waals surface area contributed by atoms with Crippen molar-refractivity contribution in [3.63, 3.8) is 0 Å². The summed E-state index contributed by atoms with van der Waals surface area (Å²) in [4.78, 5) is 11.9. The Bertz CT molecular complexity index is 626. The summed E-state index contributed by atoms with van der Waals surface area (Å²) in [5, 5.41) is 21.1. The van der Waals surface area contributed by atoms with Gasteiger partial charge in [0.15, 0.2) is 0 Å². The standard InChI is InChI=1S/C13H9BrFNO3/c14-11-2-1-8(15)5-12(11)16-13(19)7-3-9(17)6-10(18)4-7/h1-6,17-18H,(H,16,19). The Hall–Kier alpha value is -2.08. The number of amides is 1. The van der Waals surface area contributed by atoms with Crippen LogP contribution in [-0.4, -0.2) is 16.1 Å². The molecule has 4 nitrogen and oxygen atoms in total. The van der Waals surface area contributed by atoms with E-state index in [-0.39, 0.29) is 22.7 Å². The third-order valence-electron chi connectivity index (χ3n) is 2.34. The summed E-state index contributed by atoms with van der Waals surface area (Å²) in [6, 6.07) is 7.37. The van der Waals surface area contributed by atoms with Crippen LogP contribution in [0.4, 0.5) is 10.1 Å². The van der Waals surface area contributed by atoms with Crippen LogP contribution >= 0.6 is 15.9 Å². The summed E-state index contributed by atoms with van der Waals surface area (Å²) in [7, 11) is 0. The van der Waals surface area contributed by atoms with Crippen molar-refractivity contribution in [2.24, 2.45) is 0 Å². The van der Waals surface area contributed by atoms with Gasteiger partial charge in [-0.1, -0.05) is 0 Å². The first-order valence-electron chi connectivity index (χ1n) is 5.25. The van der Waals surface area contributed by atoms with Crippen LogP contribution in [0.15, 0.2) is 40.9 Å². The highest BCUT2D eigenvalue weighted by atomic mass is 79.9. The second kappa shape index (κ2) is 5.27. The number of benzene rings is 2. The van der Waals surface area contributed by atoms with E-state index in [0.717, 1.165) is 12.1 Å². The van der Waals surface area contributed by atoms with Gasteiger partial charge in [-0.25, -0.2) is 4.39 Å². The van der Waals surface area contributed by atoms with E-state index in [2.05, 4.69) is 21.2 Å². The zero-order valence-electron chi connectivity index (χ0n) is 9.52. The van der Waals surface area contributed by atoms with Crippen molar-refractivity contribution in [3.8, 4) is 11.5 Å². The lowest BCUT2D eigenvalue weighted by molar-refractivity contribution is 0.102. The van der Waals surface area contributed by atoms with Crippen LogP contribution in [-0.2, 0) is 0 Å². The van der Waals surface area contributed by atoms with E-state index >= 15 is 0 Å². The van der Waals surface area contributed by atoms with Gasteiger partial charge in [0.2, 0.25) is 0 Å². The molecule has 0 fully saturated rings. The first kappa shape index (κ1) is 13.4. The van der Waals surface area contributed by atoms with Crippen LogP contribution in [0.1, 0.15) is 10.4 Å². The number of anilines is 1. The molecule has 98 valence electrons. The molecule has 2 aromatic carbocycles. The largest absolute Gasteiger partial charge is 0.508 e. The van der Waals surface area contributed by atoms with E-state index < -0.39 is 11.7 Å². The normalized spacial score (nSPS) is 10.2. The molecule has 0 saturated heterocycles. The van der Waals surface area contributed by atoms with Gasteiger partial charge in [-0.3, -0.25) is 4.79 Å². The van der Waals surface area contributed by atoms with Crippen LogP contribution in [0.5, 0.6) is 11.5 Å². The highest BCUT2D eigenvalue weighted by Crippen LogP contribution is 2.25. The third-order valence-corrected chi connectivity index (χ3v) is 3.03. The molecular formula is C13H9BrFNO3. The van der Waals surface area contributed by atoms with E-state index in [1.807, 2.05) is 0 Å². The Morgan fingerprint density at radius 1 is 1.11 bits per heavy atom. The summed E-state index contributed by atoms with van der Waals surface area (Å²) < 4.78 is 13.6. The lowest BCUT2D eigenvalue weighted by Gasteiger charge is -2.08. The van der Waals surface area contributed by atoms with Gasteiger partial charge >= 0.3 is 0 Å². The minimum Gasteiger partial charge on any atom is -0.508 e. The molecule has 0 aliphatic carbocycles. The fourth-order valence-corrected chi connectivity index (χ4v) is 1.86. The Morgan fingerprint density at radius 2 is 1.74 bits per heavy atom. The van der Waals surface area contributed by atoms with Crippen molar-refractivity contribution in [2.75, 3.05) is 5.32 Å². The molecule has 0 spiro atoms. The molecule has 3 N–H and O–H groups in total. The quantitative estimate of drug-likeness (QED) is 0.793. The number of halogens is 2. The molecule has 0 aromatic heterocycles. The average Bonchev–Trinajstić information content (AvgIpc) is 2.32. The Kier molecular flexibility index (Phi) is 3.71. The molecule has 0 aliphatic rings. The number of phenolic OH excluding ortho intramolecular Hbond substituents is 2. The first-order valence-corrected chi connectivity index (χ1v) is 6.04. The lowest BCUT2D eigenvalue weighted by Crippen LogP contribution is -2.12. The third kappa shape index (κ3) is 3.23. The molecule has 1 amide bonds. The molecule has 19 heavy (non-hydrogen) atoms. The van der Waals surface area contributed by atoms with Crippen molar-refractivity contribution in [3.05, 3.63) is 52.3 Å². The smallest absolute Gasteiger partial charge is 0.255 e. The van der Waals surface area contributed by atoms with E-state index in [1.165, 1.54) is 24.3 Å². The maximum absolute atomic E-state index is 13.1. The second-order valence-electron chi connectivity index (χ2n) is 3.82. The predicted molar refractivity (Wildman–Crippen MR) is 71.8 cm³/mol. The minimum absolute atomic E-state index is 0.0636. The number of phenols is 2. The molecule has 0 heterocycles. The van der Waals surface area contributed by atoms with Gasteiger partial charge in [-0.05, 0) is 46.3 Å². The lowest BCUT2D eigenvalue weighted by atomic mass is 10.2. The highest BCUT2D eigenvalue weighted by molar-refractivity contribution is 9.10. The van der Waals surface area contributed by atoms with Gasteiger partial charge < -0.3 is 15.5 Å². The number of nitrogens with one attached hydrogen (secondary N) is 1. The number of rotatable bonds is 2. The number of hydrogen-bond acceptors (Lipinski definition) is 3. The molecule has 0 bridgehead atoms. The van der Waals surface area contributed by atoms with E-state index in [4.69, 9.17) is 0 Å². The van der Waals surface area contributed by atoms with E-state index in [0.29, 0.717) is 4.47 Å². The van der Waals surface area contributed by atoms with E-state index in [9.17, 15) is 19.4 Å². The van der Waals surface area contributed by atoms with Gasteiger partial charge in [0.05, 0.1) is 5.69 Å². The van der Waals surface area contributed by atoms with Crippen molar-refractivity contribution in [2.45, 2.75) is 0 Å². The maximum Gasteiger partial charge on any atom is 0.255 e. The van der Waals surface area contributed by atoms with Gasteiger partial charge in [0.25, 0.3) is 5.91 Å². The fraction of sp³-hybridized carbons (Fsp3) is 0. The molecular weight excluding hydrogens is 317 g/mol. The minimum atomic E-state index is -0.572. The molecule has 0 atom stereocenters. The van der Waals surface area contributed by atoms with Crippen molar-refractivity contribution in [1.29, 1.82) is 0 Å². The Labute approximate surface area is 116 Å². The molecule has 0 radical (unpaired) electrons. The molecule has 0 unspecified atom stereocenters. The van der Waals surface area contributed by atoms with E-state index in [1.54, 1.807) is 0 Å². The summed E-state index contributed by atoms with van der Waals surface area (Å²) in [6.45, 7) is 0. The van der Waals surface area contributed by atoms with Crippen molar-refractivity contribution >= 4 is 27.5 Å². The Morgan fingerprint density at radius 3 is 2.37 bits per heavy atom. The predicted octanol–water partition coefficient (Wildman–Crippen LogP) is 3.25.